The number of rotatable bonds is 4. The predicted molar refractivity (Wildman–Crippen MR) is 107 cm³/mol. The Morgan fingerprint density at radius 2 is 0.826 bits per heavy atom. The van der Waals surface area contributed by atoms with Gasteiger partial charge in [-0.25, -0.2) is 0 Å². The molecule has 1 atom stereocenters. The van der Waals surface area contributed by atoms with Crippen molar-refractivity contribution in [2.45, 2.75) is 13.1 Å². The molecule has 3 rings (SSSR count). The highest BCUT2D eigenvalue weighted by atomic mass is 35.6. The Morgan fingerprint density at radius 3 is 1.17 bits per heavy atom. The van der Waals surface area contributed by atoms with Gasteiger partial charge >= 0.3 is 0 Å². The molecule has 116 valence electrons. The molecule has 0 fully saturated rings. The summed E-state index contributed by atoms with van der Waals surface area (Å²) in [7, 11) is -2.07. The lowest BCUT2D eigenvalue weighted by Gasteiger charge is -2.40. The fourth-order valence-electron chi connectivity index (χ4n) is 3.29. The minimum atomic E-state index is -2.20. The maximum atomic E-state index is 7.44. The van der Waals surface area contributed by atoms with Crippen molar-refractivity contribution in [1.29, 1.82) is 0 Å². The van der Waals surface area contributed by atoms with Gasteiger partial charge in [0.2, 0.25) is 0 Å². The Labute approximate surface area is 145 Å². The van der Waals surface area contributed by atoms with E-state index in [-0.39, 0.29) is 0 Å². The molecule has 0 radical (unpaired) electrons. The van der Waals surface area contributed by atoms with E-state index < -0.39 is 14.5 Å². The van der Waals surface area contributed by atoms with Crippen LogP contribution in [0, 0.1) is 0 Å². The summed E-state index contributed by atoms with van der Waals surface area (Å²) in [6, 6.07) is 32.4. The second-order valence-corrected chi connectivity index (χ2v) is 21.4. The van der Waals surface area contributed by atoms with Gasteiger partial charge in [0, 0.05) is 0 Å². The molecular formula is C20H21ClSi2. The minimum absolute atomic E-state index is 1.32. The third kappa shape index (κ3) is 2.82. The van der Waals surface area contributed by atoms with Gasteiger partial charge in [0.05, 0.1) is 0 Å². The van der Waals surface area contributed by atoms with Crippen LogP contribution in [0.4, 0.5) is 0 Å². The SMILES string of the molecule is C[Si](Cl)(c1ccccc1)[Si](C)(c1ccccc1)c1ccccc1. The first-order chi connectivity index (χ1) is 11.1. The molecule has 0 saturated carbocycles. The maximum absolute atomic E-state index is 7.44. The van der Waals surface area contributed by atoms with Crippen LogP contribution >= 0.6 is 11.1 Å². The Hall–Kier alpha value is -1.62. The fourth-order valence-corrected chi connectivity index (χ4v) is 16.6. The molecule has 0 aromatic heterocycles. The standard InChI is InChI=1S/C20H21ClSi2/c1-22(18-12-6-3-7-13-18,19-14-8-4-9-15-19)23(2,21)20-16-10-5-11-17-20/h3-17H,1-2H3. The summed E-state index contributed by atoms with van der Waals surface area (Å²) >= 11 is 7.44. The molecule has 0 bridgehead atoms. The average molecular weight is 353 g/mol. The third-order valence-electron chi connectivity index (χ3n) is 4.96. The minimum Gasteiger partial charge on any atom is -0.164 e. The normalized spacial score (nSPS) is 14.2. The lowest BCUT2D eigenvalue weighted by Crippen LogP contribution is -2.75. The van der Waals surface area contributed by atoms with E-state index in [0.29, 0.717) is 0 Å². The van der Waals surface area contributed by atoms with Crippen molar-refractivity contribution < 1.29 is 0 Å². The van der Waals surface area contributed by atoms with Crippen LogP contribution in [0.25, 0.3) is 0 Å². The van der Waals surface area contributed by atoms with Crippen molar-refractivity contribution in [3.05, 3.63) is 91.0 Å². The average Bonchev–Trinajstić information content (AvgIpc) is 2.63. The number of halogens is 1. The van der Waals surface area contributed by atoms with E-state index >= 15 is 0 Å². The van der Waals surface area contributed by atoms with Crippen LogP contribution in [0.3, 0.4) is 0 Å². The number of hydrogen-bond acceptors (Lipinski definition) is 0. The van der Waals surface area contributed by atoms with Crippen LogP contribution in [0.1, 0.15) is 0 Å². The lowest BCUT2D eigenvalue weighted by atomic mass is 10.4. The van der Waals surface area contributed by atoms with E-state index in [1.54, 1.807) is 0 Å². The second-order valence-electron chi connectivity index (χ2n) is 6.23. The van der Waals surface area contributed by atoms with Crippen LogP contribution in [0.2, 0.25) is 13.1 Å². The molecule has 0 aliphatic rings. The van der Waals surface area contributed by atoms with Gasteiger partial charge in [0.15, 0.2) is 6.90 Å². The van der Waals surface area contributed by atoms with Crippen molar-refractivity contribution in [2.75, 3.05) is 0 Å². The molecule has 3 aromatic carbocycles. The molecule has 0 aliphatic heterocycles. The van der Waals surface area contributed by atoms with Crippen molar-refractivity contribution in [1.82, 2.24) is 0 Å². The largest absolute Gasteiger partial charge is 0.183 e. The second kappa shape index (κ2) is 6.48. The molecule has 0 N–H and O–H groups in total. The predicted octanol–water partition coefficient (Wildman–Crippen LogP) is 3.68. The van der Waals surface area contributed by atoms with Gasteiger partial charge in [0.25, 0.3) is 0 Å². The van der Waals surface area contributed by atoms with Crippen LogP contribution in [-0.4, -0.2) is 14.5 Å². The first kappa shape index (κ1) is 16.2. The monoisotopic (exact) mass is 352 g/mol. The molecule has 23 heavy (non-hydrogen) atoms. The Bertz CT molecular complexity index is 716. The summed E-state index contributed by atoms with van der Waals surface area (Å²) in [6.07, 6.45) is 0. The molecule has 0 saturated heterocycles. The number of benzene rings is 3. The molecule has 0 nitrogen and oxygen atoms in total. The van der Waals surface area contributed by atoms with E-state index in [1.807, 2.05) is 0 Å². The van der Waals surface area contributed by atoms with E-state index in [0.717, 1.165) is 0 Å². The van der Waals surface area contributed by atoms with Gasteiger partial charge in [-0.15, -0.1) is 0 Å². The quantitative estimate of drug-likeness (QED) is 0.496. The van der Waals surface area contributed by atoms with E-state index in [9.17, 15) is 0 Å². The zero-order chi connectivity index (χ0) is 16.3. The molecule has 0 spiro atoms. The Balaban J connectivity index is 2.25. The summed E-state index contributed by atoms with van der Waals surface area (Å²) in [4.78, 5) is 0. The number of hydrogen-bond donors (Lipinski definition) is 0. The van der Waals surface area contributed by atoms with Crippen LogP contribution < -0.4 is 15.6 Å². The van der Waals surface area contributed by atoms with Gasteiger partial charge in [-0.3, -0.25) is 0 Å². The molecule has 0 amide bonds. The summed E-state index contributed by atoms with van der Waals surface area (Å²) < 4.78 is 0. The summed E-state index contributed by atoms with van der Waals surface area (Å²) in [6.45, 7) is 2.55. The highest BCUT2D eigenvalue weighted by Crippen LogP contribution is 2.23. The summed E-state index contributed by atoms with van der Waals surface area (Å²) in [5.74, 6) is 0. The van der Waals surface area contributed by atoms with Crippen LogP contribution in [0.5, 0.6) is 0 Å². The van der Waals surface area contributed by atoms with Gasteiger partial charge in [-0.05, 0) is 5.19 Å². The van der Waals surface area contributed by atoms with E-state index in [1.165, 1.54) is 15.6 Å². The van der Waals surface area contributed by atoms with Crippen LogP contribution in [-0.2, 0) is 0 Å². The maximum Gasteiger partial charge on any atom is 0.183 e. The van der Waals surface area contributed by atoms with Gasteiger partial charge in [-0.2, -0.15) is 11.1 Å². The lowest BCUT2D eigenvalue weighted by molar-refractivity contribution is 1.69. The highest BCUT2D eigenvalue weighted by Gasteiger charge is 2.51. The van der Waals surface area contributed by atoms with Gasteiger partial charge in [0.1, 0.15) is 7.59 Å². The Morgan fingerprint density at radius 1 is 0.522 bits per heavy atom. The molecular weight excluding hydrogens is 332 g/mol. The van der Waals surface area contributed by atoms with Gasteiger partial charge < -0.3 is 0 Å². The van der Waals surface area contributed by atoms with Crippen molar-refractivity contribution in [2.24, 2.45) is 0 Å². The van der Waals surface area contributed by atoms with Gasteiger partial charge in [-0.1, -0.05) is 114 Å². The van der Waals surface area contributed by atoms with E-state index in [2.05, 4.69) is 104 Å². The topological polar surface area (TPSA) is 0 Å². The smallest absolute Gasteiger partial charge is 0.164 e. The molecule has 0 heterocycles. The molecule has 1 unspecified atom stereocenters. The summed E-state index contributed by atoms with van der Waals surface area (Å²) in [5, 5.41) is 4.15. The molecule has 3 aromatic rings. The zero-order valence-electron chi connectivity index (χ0n) is 13.5. The first-order valence-corrected chi connectivity index (χ1v) is 14.9. The highest BCUT2D eigenvalue weighted by molar-refractivity contribution is 7.69. The van der Waals surface area contributed by atoms with Crippen molar-refractivity contribution >= 4 is 41.1 Å². The molecule has 0 aliphatic carbocycles. The van der Waals surface area contributed by atoms with Crippen molar-refractivity contribution in [3.8, 4) is 0 Å². The van der Waals surface area contributed by atoms with E-state index in [4.69, 9.17) is 11.1 Å². The molecule has 3 heteroatoms. The Kier molecular flexibility index (Phi) is 4.58. The third-order valence-corrected chi connectivity index (χ3v) is 23.5. The van der Waals surface area contributed by atoms with Crippen LogP contribution in [0.15, 0.2) is 91.0 Å². The first-order valence-electron chi connectivity index (χ1n) is 7.92. The fraction of sp³-hybridized carbons (Fsp3) is 0.100. The van der Waals surface area contributed by atoms with Crippen molar-refractivity contribution in [3.63, 3.8) is 0 Å². The zero-order valence-corrected chi connectivity index (χ0v) is 16.3. The summed E-state index contributed by atoms with van der Waals surface area (Å²) in [5.41, 5.74) is 0.